The highest BCUT2D eigenvalue weighted by molar-refractivity contribution is 9.10. The molecular weight excluding hydrogens is 1860 g/mol. The molecule has 0 aliphatic rings. The van der Waals surface area contributed by atoms with E-state index in [4.69, 9.17) is 21.4 Å². The Bertz CT molecular complexity index is 6520. The van der Waals surface area contributed by atoms with Crippen LogP contribution in [0.1, 0.15) is 156 Å². The van der Waals surface area contributed by atoms with Crippen LogP contribution in [0.2, 0.25) is 5.02 Å². The van der Waals surface area contributed by atoms with E-state index in [0.29, 0.717) is 60.8 Å². The van der Waals surface area contributed by atoms with Gasteiger partial charge in [0.15, 0.2) is 40.5 Å². The summed E-state index contributed by atoms with van der Waals surface area (Å²) in [5.74, 6) is 0.119. The third kappa shape index (κ3) is 36.6. The number of methoxy groups -OCH3 is 1. The van der Waals surface area contributed by atoms with Crippen molar-refractivity contribution in [2.24, 2.45) is 0 Å². The maximum atomic E-state index is 12.7. The summed E-state index contributed by atoms with van der Waals surface area (Å²) in [5, 5.41) is 65.8. The molecule has 0 aliphatic heterocycles. The third-order valence-electron chi connectivity index (χ3n) is 19.4. The number of aryl methyl sites for hydroxylation is 7. The molecule has 684 valence electrons. The molecule has 15 nitrogen and oxygen atoms in total. The topological polar surface area (TPSA) is 270 Å². The maximum absolute atomic E-state index is 12.7. The first-order chi connectivity index (χ1) is 64.3. The van der Waals surface area contributed by atoms with Crippen LogP contribution in [-0.2, 0) is 6.18 Å². The molecule has 0 saturated carbocycles. The van der Waals surface area contributed by atoms with E-state index in [2.05, 4.69) is 31.9 Å². The standard InChI is InChI=1S/C17H15BrO3.C17H13F3O2.C16H13BrO2.C16H13ClO2.3C16H14O2/c1-11-8-17(21-2)13(10-15(11)18)6-7-16(20)12-4-3-5-14(19)9-12;1-11-8-12(10-14(9-11)17(18,19)20)2-7-16(22)13-3-5-15(21)6-4-13;2*1-11-5-6-12(9-15(11)17)7-8-16(19)13-3-2-4-14(18)10-13;1-12-4-2-5-13(10-12)8-9-16(18)14-6-3-7-15(17)11-14;2*1-12-5-7-13(8-6-12)9-10-16(18)14-3-2-4-15(17)11-14/h3-10,19H,1-2H3;2-10,21H,1H3;2*2-10,18H,1H3;3*2-11,17H,1H3/b7-6+;7-2+;2*8-7+;9-8+;2*10-9+. The fourth-order valence-electron chi connectivity index (χ4n) is 12.1. The second-order valence-corrected chi connectivity index (χ2v) is 32.6. The first-order valence-electron chi connectivity index (χ1n) is 41.7. The lowest BCUT2D eigenvalue weighted by Crippen LogP contribution is -2.05. The van der Waals surface area contributed by atoms with Gasteiger partial charge in [0.25, 0.3) is 0 Å². The van der Waals surface area contributed by atoms with Gasteiger partial charge in [0, 0.05) is 58.5 Å². The minimum absolute atomic E-state index is 0.0361. The van der Waals surface area contributed by atoms with E-state index < -0.39 is 11.7 Å². The van der Waals surface area contributed by atoms with Gasteiger partial charge in [-0.3, -0.25) is 33.6 Å². The summed E-state index contributed by atoms with van der Waals surface area (Å²) in [6, 6.07) is 86.2. The number of carbonyl (C=O) groups is 7. The quantitative estimate of drug-likeness (QED) is 0.0246. The smallest absolute Gasteiger partial charge is 0.416 e. The van der Waals surface area contributed by atoms with Crippen LogP contribution in [0.4, 0.5) is 13.2 Å². The highest BCUT2D eigenvalue weighted by atomic mass is 79.9. The first kappa shape index (κ1) is 105. The number of halogens is 6. The van der Waals surface area contributed by atoms with Crippen LogP contribution in [0.3, 0.4) is 0 Å². The summed E-state index contributed by atoms with van der Waals surface area (Å²) >= 11 is 12.9. The Kier molecular flexibility index (Phi) is 40.7. The third-order valence-corrected chi connectivity index (χ3v) is 21.6. The molecule has 0 saturated heterocycles. The Morgan fingerprint density at radius 3 is 0.933 bits per heavy atom. The minimum atomic E-state index is -4.42. The summed E-state index contributed by atoms with van der Waals surface area (Å²) in [6.07, 6.45) is 17.6. The molecule has 0 heterocycles. The number of ether oxygens (including phenoxy) is 1. The summed E-state index contributed by atoms with van der Waals surface area (Å²) in [5.41, 5.74) is 15.5. The van der Waals surface area contributed by atoms with Crippen LogP contribution >= 0.6 is 43.5 Å². The molecule has 21 heteroatoms. The van der Waals surface area contributed by atoms with E-state index in [1.807, 2.05) is 163 Å². The van der Waals surface area contributed by atoms with Crippen molar-refractivity contribution < 1.29 is 87.2 Å². The van der Waals surface area contributed by atoms with Crippen LogP contribution in [0, 0.1) is 48.5 Å². The molecule has 0 radical (unpaired) electrons. The number of phenols is 7. The van der Waals surface area contributed by atoms with Gasteiger partial charge in [-0.05, 0) is 286 Å². The molecule has 14 aromatic carbocycles. The van der Waals surface area contributed by atoms with Crippen molar-refractivity contribution in [3.05, 3.63) is 488 Å². The zero-order valence-corrected chi connectivity index (χ0v) is 78.6. The largest absolute Gasteiger partial charge is 0.508 e. The van der Waals surface area contributed by atoms with Gasteiger partial charge in [-0.1, -0.05) is 273 Å². The summed E-state index contributed by atoms with van der Waals surface area (Å²) in [6.45, 7) is 13.5. The molecule has 0 aromatic heterocycles. The molecule has 14 rings (SSSR count). The number of allylic oxidation sites excluding steroid dienone is 7. The Balaban J connectivity index is 0.000000194. The molecule has 0 aliphatic carbocycles. The Morgan fingerprint density at radius 1 is 0.274 bits per heavy atom. The van der Waals surface area contributed by atoms with Crippen molar-refractivity contribution in [3.8, 4) is 46.0 Å². The maximum Gasteiger partial charge on any atom is 0.416 e. The van der Waals surface area contributed by atoms with E-state index >= 15 is 0 Å². The summed E-state index contributed by atoms with van der Waals surface area (Å²) in [7, 11) is 1.59. The van der Waals surface area contributed by atoms with Crippen molar-refractivity contribution in [1.82, 2.24) is 0 Å². The van der Waals surface area contributed by atoms with Crippen molar-refractivity contribution in [2.45, 2.75) is 54.6 Å². The van der Waals surface area contributed by atoms with Crippen molar-refractivity contribution in [1.29, 1.82) is 0 Å². The SMILES string of the molecule is COc1cc(C)c(Br)cc1/C=C/C(=O)c1cccc(O)c1.Cc1cc(/C=C/C(=O)c2ccc(O)cc2)cc(C(F)(F)F)c1.Cc1ccc(/C=C/C(=O)c2cccc(O)c2)cc1.Cc1ccc(/C=C/C(=O)c2cccc(O)c2)cc1.Cc1ccc(/C=C/C(=O)c2cccc(O)c2)cc1Br.Cc1ccc(/C=C/C(=O)c2cccc(O)c2)cc1Cl.Cc1cccc(/C=C/C(=O)c2cccc(O)c2)c1. The number of hydrogen-bond donors (Lipinski definition) is 7. The number of hydrogen-bond acceptors (Lipinski definition) is 15. The predicted octanol–water partition coefficient (Wildman–Crippen LogP) is 28.4. The van der Waals surface area contributed by atoms with Crippen molar-refractivity contribution in [2.75, 3.05) is 7.11 Å². The van der Waals surface area contributed by atoms with E-state index in [9.17, 15) is 77.4 Å². The van der Waals surface area contributed by atoms with Gasteiger partial charge in [0.05, 0.1) is 12.7 Å². The molecule has 7 N–H and O–H groups in total. The van der Waals surface area contributed by atoms with Crippen LogP contribution < -0.4 is 4.74 Å². The number of carbonyl (C=O) groups excluding carboxylic acids is 7. The fraction of sp³-hybridized carbons (Fsp3) is 0.0789. The van der Waals surface area contributed by atoms with Crippen LogP contribution in [0.15, 0.2) is 361 Å². The van der Waals surface area contributed by atoms with E-state index in [-0.39, 0.29) is 80.7 Å². The number of rotatable bonds is 22. The zero-order chi connectivity index (χ0) is 98.3. The fourth-order valence-corrected chi connectivity index (χ4v) is 13.0. The Hall–Kier alpha value is -15.6. The van der Waals surface area contributed by atoms with E-state index in [0.717, 1.165) is 76.7 Å². The Labute approximate surface area is 804 Å². The van der Waals surface area contributed by atoms with Crippen molar-refractivity contribution >= 4 is 126 Å². The van der Waals surface area contributed by atoms with Gasteiger partial charge >= 0.3 is 6.18 Å². The highest BCUT2D eigenvalue weighted by Crippen LogP contribution is 2.33. The highest BCUT2D eigenvalue weighted by Gasteiger charge is 2.31. The lowest BCUT2D eigenvalue weighted by atomic mass is 10.0. The molecule has 14 aromatic rings. The number of ketones is 7. The number of benzene rings is 14. The number of aromatic hydroxyl groups is 7. The number of phenolic OH excluding ortho intramolecular Hbond substituents is 7. The van der Waals surface area contributed by atoms with Crippen LogP contribution in [0.25, 0.3) is 42.5 Å². The molecular formula is C114H96Br2ClF3O15. The van der Waals surface area contributed by atoms with Gasteiger partial charge < -0.3 is 40.5 Å². The molecule has 0 amide bonds. The zero-order valence-electron chi connectivity index (χ0n) is 74.7. The molecule has 0 atom stereocenters. The molecule has 0 unspecified atom stereocenters. The van der Waals surface area contributed by atoms with Gasteiger partial charge in [-0.2, -0.15) is 13.2 Å². The van der Waals surface area contributed by atoms with E-state index in [1.54, 1.807) is 148 Å². The molecule has 0 fully saturated rings. The Morgan fingerprint density at radius 2 is 0.585 bits per heavy atom. The van der Waals surface area contributed by atoms with Crippen LogP contribution in [-0.4, -0.2) is 83.3 Å². The normalized spacial score (nSPS) is 10.9. The van der Waals surface area contributed by atoms with Gasteiger partial charge in [-0.15, -0.1) is 0 Å². The predicted molar refractivity (Wildman–Crippen MR) is 541 cm³/mol. The lowest BCUT2D eigenvalue weighted by molar-refractivity contribution is -0.137. The molecule has 0 bridgehead atoms. The average molecular weight is 1960 g/mol. The average Bonchev–Trinajstić information content (AvgIpc) is 0.829. The van der Waals surface area contributed by atoms with Gasteiger partial charge in [-0.25, -0.2) is 0 Å². The van der Waals surface area contributed by atoms with E-state index in [1.165, 1.54) is 139 Å². The summed E-state index contributed by atoms with van der Waals surface area (Å²) in [4.78, 5) is 83.3. The van der Waals surface area contributed by atoms with Gasteiger partial charge in [0.1, 0.15) is 46.0 Å². The van der Waals surface area contributed by atoms with Crippen LogP contribution in [0.5, 0.6) is 46.0 Å². The van der Waals surface area contributed by atoms with Crippen molar-refractivity contribution in [3.63, 3.8) is 0 Å². The first-order valence-corrected chi connectivity index (χ1v) is 43.7. The second-order valence-electron chi connectivity index (χ2n) is 30.5. The minimum Gasteiger partial charge on any atom is -0.508 e. The molecule has 0 spiro atoms. The summed E-state index contributed by atoms with van der Waals surface area (Å²) < 4.78 is 45.5. The molecule has 135 heavy (non-hydrogen) atoms. The lowest BCUT2D eigenvalue weighted by Gasteiger charge is -2.08. The monoisotopic (exact) mass is 1950 g/mol. The number of alkyl halides is 3. The second kappa shape index (κ2) is 52.4. The van der Waals surface area contributed by atoms with Gasteiger partial charge in [0.2, 0.25) is 0 Å².